The average Bonchev–Trinajstić information content (AvgIpc) is 2.33. The Balaban J connectivity index is 2.36. The monoisotopic (exact) mass is 325 g/mol. The summed E-state index contributed by atoms with van der Waals surface area (Å²) in [5.41, 5.74) is 7.67. The van der Waals surface area contributed by atoms with E-state index in [0.717, 1.165) is 21.3 Å². The summed E-state index contributed by atoms with van der Waals surface area (Å²) in [5, 5.41) is 0.636. The predicted molar refractivity (Wildman–Crippen MR) is 78.3 cm³/mol. The van der Waals surface area contributed by atoms with Crippen molar-refractivity contribution in [2.45, 2.75) is 13.5 Å². The van der Waals surface area contributed by atoms with Crippen molar-refractivity contribution in [1.82, 2.24) is 0 Å². The van der Waals surface area contributed by atoms with Crippen LogP contribution in [-0.4, -0.2) is 0 Å². The van der Waals surface area contributed by atoms with Crippen LogP contribution in [0.25, 0.3) is 0 Å². The molecule has 2 N–H and O–H groups in total. The Morgan fingerprint density at radius 2 is 1.94 bits per heavy atom. The fraction of sp³-hybridized carbons (Fsp3) is 0.143. The van der Waals surface area contributed by atoms with Gasteiger partial charge in [0.2, 0.25) is 0 Å². The molecule has 94 valence electrons. The normalized spacial score (nSPS) is 10.4. The van der Waals surface area contributed by atoms with Gasteiger partial charge in [0.1, 0.15) is 11.5 Å². The van der Waals surface area contributed by atoms with Crippen molar-refractivity contribution in [2.24, 2.45) is 5.73 Å². The Kier molecular flexibility index (Phi) is 4.27. The topological polar surface area (TPSA) is 35.2 Å². The lowest BCUT2D eigenvalue weighted by molar-refractivity contribution is 0.472. The standard InChI is InChI=1S/C14H13BrClNO/c1-9-6-11(15)3-5-13(9)18-14-7-12(16)4-2-10(14)8-17/h2-7H,8,17H2,1H3. The van der Waals surface area contributed by atoms with Crippen LogP contribution in [0.4, 0.5) is 0 Å². The highest BCUT2D eigenvalue weighted by atomic mass is 79.9. The number of ether oxygens (including phenoxy) is 1. The summed E-state index contributed by atoms with van der Waals surface area (Å²) in [5.74, 6) is 1.51. The van der Waals surface area contributed by atoms with Gasteiger partial charge in [-0.05, 0) is 42.8 Å². The summed E-state index contributed by atoms with van der Waals surface area (Å²) in [6.07, 6.45) is 0. The summed E-state index contributed by atoms with van der Waals surface area (Å²) in [6.45, 7) is 2.41. The molecule has 2 nitrogen and oxygen atoms in total. The van der Waals surface area contributed by atoms with Crippen molar-refractivity contribution in [2.75, 3.05) is 0 Å². The molecule has 0 aliphatic heterocycles. The largest absolute Gasteiger partial charge is 0.457 e. The van der Waals surface area contributed by atoms with Crippen molar-refractivity contribution in [3.63, 3.8) is 0 Å². The van der Waals surface area contributed by atoms with Gasteiger partial charge >= 0.3 is 0 Å². The molecule has 0 heterocycles. The van der Waals surface area contributed by atoms with Gasteiger partial charge in [-0.2, -0.15) is 0 Å². The molecule has 0 saturated carbocycles. The van der Waals surface area contributed by atoms with Crippen LogP contribution in [0.2, 0.25) is 5.02 Å². The van der Waals surface area contributed by atoms with Gasteiger partial charge in [-0.25, -0.2) is 0 Å². The van der Waals surface area contributed by atoms with Crippen molar-refractivity contribution < 1.29 is 4.74 Å². The fourth-order valence-corrected chi connectivity index (χ4v) is 2.28. The molecule has 0 radical (unpaired) electrons. The quantitative estimate of drug-likeness (QED) is 0.890. The fourth-order valence-electron chi connectivity index (χ4n) is 1.64. The number of hydrogen-bond acceptors (Lipinski definition) is 2. The zero-order valence-corrected chi connectivity index (χ0v) is 12.3. The number of benzene rings is 2. The highest BCUT2D eigenvalue weighted by Crippen LogP contribution is 2.31. The molecule has 0 saturated heterocycles. The third kappa shape index (κ3) is 3.05. The van der Waals surface area contributed by atoms with E-state index in [1.54, 1.807) is 6.07 Å². The SMILES string of the molecule is Cc1cc(Br)ccc1Oc1cc(Cl)ccc1CN. The van der Waals surface area contributed by atoms with E-state index in [1.807, 2.05) is 37.3 Å². The van der Waals surface area contributed by atoms with Gasteiger partial charge in [-0.1, -0.05) is 33.6 Å². The van der Waals surface area contributed by atoms with E-state index in [1.165, 1.54) is 0 Å². The molecule has 2 aromatic rings. The molecule has 0 aliphatic carbocycles. The number of rotatable bonds is 3. The van der Waals surface area contributed by atoms with E-state index >= 15 is 0 Å². The maximum absolute atomic E-state index is 5.98. The Morgan fingerprint density at radius 3 is 2.61 bits per heavy atom. The van der Waals surface area contributed by atoms with E-state index in [0.29, 0.717) is 17.3 Å². The summed E-state index contributed by atoms with van der Waals surface area (Å²) < 4.78 is 6.91. The lowest BCUT2D eigenvalue weighted by Crippen LogP contribution is -1.99. The summed E-state index contributed by atoms with van der Waals surface area (Å²) in [7, 11) is 0. The van der Waals surface area contributed by atoms with Gasteiger partial charge in [0.15, 0.2) is 0 Å². The van der Waals surface area contributed by atoms with Crippen LogP contribution in [-0.2, 0) is 6.54 Å². The Hall–Kier alpha value is -1.03. The van der Waals surface area contributed by atoms with Crippen LogP contribution < -0.4 is 10.5 Å². The van der Waals surface area contributed by atoms with E-state index in [9.17, 15) is 0 Å². The molecule has 0 spiro atoms. The first-order valence-electron chi connectivity index (χ1n) is 5.52. The van der Waals surface area contributed by atoms with E-state index in [2.05, 4.69) is 15.9 Å². The van der Waals surface area contributed by atoms with Gasteiger partial charge in [-0.15, -0.1) is 0 Å². The van der Waals surface area contributed by atoms with Gasteiger partial charge in [0, 0.05) is 21.6 Å². The molecule has 18 heavy (non-hydrogen) atoms. The van der Waals surface area contributed by atoms with Crippen LogP contribution in [0.1, 0.15) is 11.1 Å². The zero-order valence-electron chi connectivity index (χ0n) is 9.91. The second-order valence-corrected chi connectivity index (χ2v) is 5.32. The van der Waals surface area contributed by atoms with Crippen LogP contribution in [0.3, 0.4) is 0 Å². The molecule has 0 aliphatic rings. The predicted octanol–water partition coefficient (Wildman–Crippen LogP) is 4.66. The molecule has 0 unspecified atom stereocenters. The first kappa shape index (κ1) is 13.4. The lowest BCUT2D eigenvalue weighted by Gasteiger charge is -2.12. The Morgan fingerprint density at radius 1 is 1.17 bits per heavy atom. The van der Waals surface area contributed by atoms with Crippen molar-refractivity contribution >= 4 is 27.5 Å². The minimum Gasteiger partial charge on any atom is -0.457 e. The molecular formula is C14H13BrClNO. The highest BCUT2D eigenvalue weighted by Gasteiger charge is 2.07. The third-order valence-corrected chi connectivity index (χ3v) is 3.33. The number of nitrogens with two attached hydrogens (primary N) is 1. The molecule has 0 bridgehead atoms. The molecule has 2 aromatic carbocycles. The Bertz CT molecular complexity index is 572. The number of hydrogen-bond donors (Lipinski definition) is 1. The van der Waals surface area contributed by atoms with Crippen LogP contribution >= 0.6 is 27.5 Å². The summed E-state index contributed by atoms with van der Waals surface area (Å²) in [6, 6.07) is 11.3. The highest BCUT2D eigenvalue weighted by molar-refractivity contribution is 9.10. The van der Waals surface area contributed by atoms with E-state index < -0.39 is 0 Å². The van der Waals surface area contributed by atoms with Crippen molar-refractivity contribution in [3.05, 3.63) is 57.0 Å². The van der Waals surface area contributed by atoms with Crippen molar-refractivity contribution in [3.8, 4) is 11.5 Å². The average molecular weight is 327 g/mol. The number of halogens is 2. The van der Waals surface area contributed by atoms with Gasteiger partial charge in [0.05, 0.1) is 0 Å². The molecule has 0 amide bonds. The molecule has 4 heteroatoms. The van der Waals surface area contributed by atoms with Gasteiger partial charge in [0.25, 0.3) is 0 Å². The van der Waals surface area contributed by atoms with Gasteiger partial charge in [-0.3, -0.25) is 0 Å². The Labute approximate surface area is 120 Å². The third-order valence-electron chi connectivity index (χ3n) is 2.61. The minimum atomic E-state index is 0.419. The number of aryl methyl sites for hydroxylation is 1. The molecule has 0 aromatic heterocycles. The molecule has 2 rings (SSSR count). The second kappa shape index (κ2) is 5.74. The molecular weight excluding hydrogens is 314 g/mol. The summed E-state index contributed by atoms with van der Waals surface area (Å²) in [4.78, 5) is 0. The van der Waals surface area contributed by atoms with Crippen LogP contribution in [0.15, 0.2) is 40.9 Å². The molecule has 0 atom stereocenters. The zero-order chi connectivity index (χ0) is 13.1. The van der Waals surface area contributed by atoms with Crippen LogP contribution in [0, 0.1) is 6.92 Å². The second-order valence-electron chi connectivity index (χ2n) is 3.97. The maximum Gasteiger partial charge on any atom is 0.133 e. The lowest BCUT2D eigenvalue weighted by atomic mass is 10.2. The maximum atomic E-state index is 5.98. The van der Waals surface area contributed by atoms with Gasteiger partial charge < -0.3 is 10.5 Å². The smallest absolute Gasteiger partial charge is 0.133 e. The first-order valence-corrected chi connectivity index (χ1v) is 6.70. The van der Waals surface area contributed by atoms with E-state index in [-0.39, 0.29) is 0 Å². The molecule has 0 fully saturated rings. The minimum absolute atomic E-state index is 0.419. The van der Waals surface area contributed by atoms with E-state index in [4.69, 9.17) is 22.1 Å². The summed E-state index contributed by atoms with van der Waals surface area (Å²) >= 11 is 9.40. The first-order chi connectivity index (χ1) is 8.60. The van der Waals surface area contributed by atoms with Crippen LogP contribution in [0.5, 0.6) is 11.5 Å². The van der Waals surface area contributed by atoms with Crippen molar-refractivity contribution in [1.29, 1.82) is 0 Å².